The number of hydrogen-bond acceptors (Lipinski definition) is 3. The van der Waals surface area contributed by atoms with Crippen molar-refractivity contribution in [1.82, 2.24) is 0 Å². The minimum absolute atomic E-state index is 0.0968. The maximum atomic E-state index is 11.4. The zero-order chi connectivity index (χ0) is 11.3. The summed E-state index contributed by atoms with van der Waals surface area (Å²) in [6, 6.07) is 0. The van der Waals surface area contributed by atoms with E-state index in [-0.39, 0.29) is 11.5 Å². The molecule has 3 nitrogen and oxygen atoms in total. The molecule has 1 fully saturated rings. The van der Waals surface area contributed by atoms with Crippen molar-refractivity contribution in [3.05, 3.63) is 0 Å². The minimum Gasteiger partial charge on any atom is -0.465 e. The van der Waals surface area contributed by atoms with Crippen molar-refractivity contribution in [3.63, 3.8) is 0 Å². The lowest BCUT2D eigenvalue weighted by Gasteiger charge is -2.17. The second kappa shape index (κ2) is 5.50. The largest absolute Gasteiger partial charge is 0.465 e. The summed E-state index contributed by atoms with van der Waals surface area (Å²) in [6.45, 7) is 4.47. The predicted octanol–water partition coefficient (Wildman–Crippen LogP) is 2.24. The Kier molecular flexibility index (Phi) is 4.58. The van der Waals surface area contributed by atoms with Crippen LogP contribution in [-0.2, 0) is 9.53 Å². The lowest BCUT2D eigenvalue weighted by atomic mass is 10.0. The van der Waals surface area contributed by atoms with Crippen molar-refractivity contribution < 1.29 is 9.53 Å². The van der Waals surface area contributed by atoms with Gasteiger partial charge in [-0.2, -0.15) is 0 Å². The number of rotatable bonds is 5. The number of esters is 1. The average molecular weight is 213 g/mol. The Morgan fingerprint density at radius 1 is 1.40 bits per heavy atom. The van der Waals surface area contributed by atoms with Crippen LogP contribution in [0.3, 0.4) is 0 Å². The highest BCUT2D eigenvalue weighted by molar-refractivity contribution is 5.69. The van der Waals surface area contributed by atoms with E-state index in [2.05, 4.69) is 0 Å². The van der Waals surface area contributed by atoms with Gasteiger partial charge in [0.2, 0.25) is 0 Å². The fourth-order valence-corrected chi connectivity index (χ4v) is 1.88. The molecule has 88 valence electrons. The molecule has 3 heteroatoms. The second-order valence-corrected chi connectivity index (χ2v) is 5.32. The number of carbonyl (C=O) groups excluding carboxylic acids is 1. The molecule has 15 heavy (non-hydrogen) atoms. The summed E-state index contributed by atoms with van der Waals surface area (Å²) in [5.74, 6) is 0.514. The molecular formula is C12H23NO2. The molecule has 1 aliphatic rings. The summed E-state index contributed by atoms with van der Waals surface area (Å²) in [5, 5.41) is 0. The van der Waals surface area contributed by atoms with Gasteiger partial charge >= 0.3 is 5.97 Å². The molecule has 0 aromatic carbocycles. The quantitative estimate of drug-likeness (QED) is 0.712. The first-order valence-electron chi connectivity index (χ1n) is 5.92. The van der Waals surface area contributed by atoms with Crippen molar-refractivity contribution in [2.24, 2.45) is 11.7 Å². The van der Waals surface area contributed by atoms with E-state index in [1.54, 1.807) is 0 Å². The van der Waals surface area contributed by atoms with E-state index in [9.17, 15) is 4.79 Å². The van der Waals surface area contributed by atoms with Crippen LogP contribution in [0.5, 0.6) is 0 Å². The molecule has 0 bridgehead atoms. The van der Waals surface area contributed by atoms with Gasteiger partial charge in [0.1, 0.15) is 0 Å². The molecule has 0 saturated heterocycles. The van der Waals surface area contributed by atoms with Gasteiger partial charge in [0.05, 0.1) is 6.61 Å². The SMILES string of the molecule is CC(C)(N)CCC(=O)OCC1CCCC1. The first kappa shape index (κ1) is 12.5. The molecular weight excluding hydrogens is 190 g/mol. The monoisotopic (exact) mass is 213 g/mol. The van der Waals surface area contributed by atoms with Gasteiger partial charge in [-0.05, 0) is 39.0 Å². The van der Waals surface area contributed by atoms with Crippen LogP contribution in [0.1, 0.15) is 52.4 Å². The lowest BCUT2D eigenvalue weighted by molar-refractivity contribution is -0.145. The molecule has 0 atom stereocenters. The van der Waals surface area contributed by atoms with Gasteiger partial charge in [-0.1, -0.05) is 12.8 Å². The predicted molar refractivity (Wildman–Crippen MR) is 60.4 cm³/mol. The highest BCUT2D eigenvalue weighted by atomic mass is 16.5. The maximum absolute atomic E-state index is 11.4. The van der Waals surface area contributed by atoms with E-state index in [0.29, 0.717) is 25.4 Å². The van der Waals surface area contributed by atoms with Gasteiger partial charge in [-0.25, -0.2) is 0 Å². The normalized spacial score (nSPS) is 18.1. The van der Waals surface area contributed by atoms with Crippen molar-refractivity contribution >= 4 is 5.97 Å². The maximum Gasteiger partial charge on any atom is 0.305 e. The zero-order valence-electron chi connectivity index (χ0n) is 9.92. The van der Waals surface area contributed by atoms with Gasteiger partial charge in [-0.3, -0.25) is 4.79 Å². The molecule has 0 aromatic rings. The Morgan fingerprint density at radius 3 is 2.53 bits per heavy atom. The number of hydrogen-bond donors (Lipinski definition) is 1. The molecule has 0 aromatic heterocycles. The van der Waals surface area contributed by atoms with Crippen molar-refractivity contribution in [2.75, 3.05) is 6.61 Å². The highest BCUT2D eigenvalue weighted by Gasteiger charge is 2.18. The fourth-order valence-electron chi connectivity index (χ4n) is 1.88. The third kappa shape index (κ3) is 5.78. The molecule has 0 radical (unpaired) electrons. The Labute approximate surface area is 92.4 Å². The van der Waals surface area contributed by atoms with Gasteiger partial charge in [-0.15, -0.1) is 0 Å². The Bertz CT molecular complexity index is 202. The molecule has 1 rings (SSSR count). The fraction of sp³-hybridized carbons (Fsp3) is 0.917. The minimum atomic E-state index is -0.271. The van der Waals surface area contributed by atoms with Gasteiger partial charge in [0.15, 0.2) is 0 Å². The summed E-state index contributed by atoms with van der Waals surface area (Å²) in [4.78, 5) is 11.4. The standard InChI is InChI=1S/C12H23NO2/c1-12(2,13)8-7-11(14)15-9-10-5-3-4-6-10/h10H,3-9,13H2,1-2H3. The van der Waals surface area contributed by atoms with E-state index in [1.807, 2.05) is 13.8 Å². The van der Waals surface area contributed by atoms with E-state index in [0.717, 1.165) is 0 Å². The van der Waals surface area contributed by atoms with Crippen LogP contribution >= 0.6 is 0 Å². The smallest absolute Gasteiger partial charge is 0.305 e. The lowest BCUT2D eigenvalue weighted by Crippen LogP contribution is -2.32. The van der Waals surface area contributed by atoms with E-state index >= 15 is 0 Å². The van der Waals surface area contributed by atoms with Crippen LogP contribution in [0.25, 0.3) is 0 Å². The summed E-state index contributed by atoms with van der Waals surface area (Å²) in [5.41, 5.74) is 5.52. The molecule has 1 saturated carbocycles. The van der Waals surface area contributed by atoms with Crippen LogP contribution in [-0.4, -0.2) is 18.1 Å². The van der Waals surface area contributed by atoms with Crippen molar-refractivity contribution in [2.45, 2.75) is 57.9 Å². The summed E-state index contributed by atoms with van der Waals surface area (Å²) < 4.78 is 5.23. The van der Waals surface area contributed by atoms with Crippen molar-refractivity contribution in [1.29, 1.82) is 0 Å². The Morgan fingerprint density at radius 2 is 2.00 bits per heavy atom. The van der Waals surface area contributed by atoms with Crippen LogP contribution in [0.4, 0.5) is 0 Å². The molecule has 0 heterocycles. The van der Waals surface area contributed by atoms with Gasteiger partial charge in [0, 0.05) is 12.0 Å². The van der Waals surface area contributed by atoms with Crippen molar-refractivity contribution in [3.8, 4) is 0 Å². The number of carbonyl (C=O) groups is 1. The molecule has 2 N–H and O–H groups in total. The summed E-state index contributed by atoms with van der Waals surface area (Å²) in [6.07, 6.45) is 6.15. The zero-order valence-corrected chi connectivity index (χ0v) is 9.92. The van der Waals surface area contributed by atoms with Crippen LogP contribution in [0.2, 0.25) is 0 Å². The van der Waals surface area contributed by atoms with Crippen LogP contribution < -0.4 is 5.73 Å². The third-order valence-corrected chi connectivity index (χ3v) is 2.93. The first-order valence-corrected chi connectivity index (χ1v) is 5.92. The molecule has 0 amide bonds. The van der Waals surface area contributed by atoms with E-state index in [1.165, 1.54) is 25.7 Å². The number of ether oxygens (including phenoxy) is 1. The first-order chi connectivity index (χ1) is 6.97. The number of nitrogens with two attached hydrogens (primary N) is 1. The summed E-state index contributed by atoms with van der Waals surface area (Å²) in [7, 11) is 0. The second-order valence-electron chi connectivity index (χ2n) is 5.32. The van der Waals surface area contributed by atoms with E-state index in [4.69, 9.17) is 10.5 Å². The van der Waals surface area contributed by atoms with Gasteiger partial charge < -0.3 is 10.5 Å². The van der Waals surface area contributed by atoms with Gasteiger partial charge in [0.25, 0.3) is 0 Å². The highest BCUT2D eigenvalue weighted by Crippen LogP contribution is 2.24. The van der Waals surface area contributed by atoms with Crippen LogP contribution in [0, 0.1) is 5.92 Å². The Hall–Kier alpha value is -0.570. The Balaban J connectivity index is 2.08. The summed E-state index contributed by atoms with van der Waals surface area (Å²) >= 11 is 0. The third-order valence-electron chi connectivity index (χ3n) is 2.93. The molecule has 0 unspecified atom stereocenters. The van der Waals surface area contributed by atoms with Crippen LogP contribution in [0.15, 0.2) is 0 Å². The molecule has 1 aliphatic carbocycles. The topological polar surface area (TPSA) is 52.3 Å². The average Bonchev–Trinajstić information content (AvgIpc) is 2.62. The molecule has 0 aliphatic heterocycles. The molecule has 0 spiro atoms. The van der Waals surface area contributed by atoms with E-state index < -0.39 is 0 Å².